The Balaban J connectivity index is 1.68. The minimum absolute atomic E-state index is 0.700. The molecule has 0 radical (unpaired) electrons. The van der Waals surface area contributed by atoms with Crippen molar-refractivity contribution in [2.24, 2.45) is 0 Å². The summed E-state index contributed by atoms with van der Waals surface area (Å²) < 4.78 is 10.2. The van der Waals surface area contributed by atoms with Gasteiger partial charge in [0.15, 0.2) is 5.76 Å². The highest BCUT2D eigenvalue weighted by Crippen LogP contribution is 2.10. The van der Waals surface area contributed by atoms with Gasteiger partial charge in [-0.1, -0.05) is 23.8 Å². The van der Waals surface area contributed by atoms with E-state index < -0.39 is 0 Å². The minimum atomic E-state index is 0.700. The van der Waals surface area contributed by atoms with E-state index in [1.807, 2.05) is 0 Å². The lowest BCUT2D eigenvalue weighted by Gasteiger charge is -2.13. The molecule has 0 bridgehead atoms. The number of hydrogen-bond donors (Lipinski definition) is 1. The second-order valence-corrected chi connectivity index (χ2v) is 3.51. The molecule has 0 amide bonds. The molecule has 0 fully saturated rings. The third-order valence-electron chi connectivity index (χ3n) is 2.30. The zero-order chi connectivity index (χ0) is 10.3. The molecule has 3 heteroatoms. The van der Waals surface area contributed by atoms with Gasteiger partial charge in [-0.25, -0.2) is 0 Å². The number of hydrogen-bond acceptors (Lipinski definition) is 3. The molecule has 0 saturated heterocycles. The van der Waals surface area contributed by atoms with Crippen LogP contribution in [0.1, 0.15) is 12.8 Å². The SMILES string of the molecule is C1=CCCC(CNCC2=COC=CO2)=C1. The van der Waals surface area contributed by atoms with E-state index in [-0.39, 0.29) is 0 Å². The summed E-state index contributed by atoms with van der Waals surface area (Å²) in [6.07, 6.45) is 13.4. The average molecular weight is 205 g/mol. The Hall–Kier alpha value is -1.48. The molecule has 80 valence electrons. The molecule has 2 rings (SSSR count). The largest absolute Gasteiger partial charge is 0.466 e. The first-order valence-electron chi connectivity index (χ1n) is 5.16. The van der Waals surface area contributed by atoms with Gasteiger partial charge in [0.1, 0.15) is 18.8 Å². The molecule has 0 spiro atoms. The first kappa shape index (κ1) is 10.1. The molecule has 1 aliphatic carbocycles. The molecule has 3 nitrogen and oxygen atoms in total. The molecule has 0 aromatic heterocycles. The maximum atomic E-state index is 5.23. The summed E-state index contributed by atoms with van der Waals surface area (Å²) in [4.78, 5) is 0. The molecular formula is C12H15NO2. The Labute approximate surface area is 89.8 Å². The van der Waals surface area contributed by atoms with Crippen molar-refractivity contribution < 1.29 is 9.47 Å². The Morgan fingerprint density at radius 2 is 2.27 bits per heavy atom. The first-order chi connectivity index (χ1) is 7.45. The number of ether oxygens (including phenoxy) is 2. The standard InChI is InChI=1S/C12H15NO2/c1-2-4-11(5-3-1)8-13-9-12-10-14-6-7-15-12/h1-2,4,6-7,10,13H,3,5,8-9H2. The van der Waals surface area contributed by atoms with Crippen LogP contribution in [0.2, 0.25) is 0 Å². The highest BCUT2D eigenvalue weighted by Gasteiger charge is 2.03. The second-order valence-electron chi connectivity index (χ2n) is 3.51. The van der Waals surface area contributed by atoms with Crippen molar-refractivity contribution in [3.8, 4) is 0 Å². The Morgan fingerprint density at radius 3 is 3.00 bits per heavy atom. The van der Waals surface area contributed by atoms with E-state index in [0.29, 0.717) is 6.54 Å². The maximum Gasteiger partial charge on any atom is 0.152 e. The lowest BCUT2D eigenvalue weighted by atomic mass is 10.1. The smallest absolute Gasteiger partial charge is 0.152 e. The monoisotopic (exact) mass is 205 g/mol. The van der Waals surface area contributed by atoms with Gasteiger partial charge in [-0.05, 0) is 12.8 Å². The summed E-state index contributed by atoms with van der Waals surface area (Å²) >= 11 is 0. The molecule has 0 saturated carbocycles. The topological polar surface area (TPSA) is 30.5 Å². The predicted molar refractivity (Wildman–Crippen MR) is 58.7 cm³/mol. The van der Waals surface area contributed by atoms with Gasteiger partial charge in [-0.15, -0.1) is 0 Å². The van der Waals surface area contributed by atoms with Crippen LogP contribution in [0.3, 0.4) is 0 Å². The Kier molecular flexibility index (Phi) is 3.63. The van der Waals surface area contributed by atoms with Crippen molar-refractivity contribution >= 4 is 0 Å². The van der Waals surface area contributed by atoms with Crippen LogP contribution in [-0.2, 0) is 9.47 Å². The fraction of sp³-hybridized carbons (Fsp3) is 0.333. The van der Waals surface area contributed by atoms with Crippen LogP contribution in [0.4, 0.5) is 0 Å². The van der Waals surface area contributed by atoms with Crippen molar-refractivity contribution in [2.75, 3.05) is 13.1 Å². The lowest BCUT2D eigenvalue weighted by molar-refractivity contribution is 0.249. The zero-order valence-corrected chi connectivity index (χ0v) is 8.61. The van der Waals surface area contributed by atoms with Crippen LogP contribution in [-0.4, -0.2) is 13.1 Å². The molecule has 0 aromatic carbocycles. The molecule has 0 unspecified atom stereocenters. The van der Waals surface area contributed by atoms with E-state index in [2.05, 4.69) is 23.5 Å². The van der Waals surface area contributed by atoms with E-state index in [4.69, 9.17) is 9.47 Å². The third kappa shape index (κ3) is 3.29. The van der Waals surface area contributed by atoms with E-state index in [1.165, 1.54) is 11.8 Å². The van der Waals surface area contributed by atoms with Gasteiger partial charge in [-0.3, -0.25) is 0 Å². The summed E-state index contributed by atoms with van der Waals surface area (Å²) in [6, 6.07) is 0. The summed E-state index contributed by atoms with van der Waals surface area (Å²) in [5, 5.41) is 3.32. The van der Waals surface area contributed by atoms with Gasteiger partial charge in [0, 0.05) is 6.54 Å². The van der Waals surface area contributed by atoms with E-state index >= 15 is 0 Å². The van der Waals surface area contributed by atoms with Gasteiger partial charge in [-0.2, -0.15) is 0 Å². The lowest BCUT2D eigenvalue weighted by Crippen LogP contribution is -2.21. The molecule has 1 N–H and O–H groups in total. The van der Waals surface area contributed by atoms with Gasteiger partial charge in [0.05, 0.1) is 6.54 Å². The van der Waals surface area contributed by atoms with Gasteiger partial charge >= 0.3 is 0 Å². The molecule has 1 heterocycles. The van der Waals surface area contributed by atoms with Crippen LogP contribution in [0.5, 0.6) is 0 Å². The molecule has 0 atom stereocenters. The second kappa shape index (κ2) is 5.41. The maximum absolute atomic E-state index is 5.23. The minimum Gasteiger partial charge on any atom is -0.466 e. The van der Waals surface area contributed by atoms with Crippen LogP contribution in [0.25, 0.3) is 0 Å². The van der Waals surface area contributed by atoms with Crippen LogP contribution in [0, 0.1) is 0 Å². The van der Waals surface area contributed by atoms with Crippen LogP contribution in [0.15, 0.2) is 48.3 Å². The molecular weight excluding hydrogens is 190 g/mol. The van der Waals surface area contributed by atoms with Crippen molar-refractivity contribution in [2.45, 2.75) is 12.8 Å². The summed E-state index contributed by atoms with van der Waals surface area (Å²) in [5.74, 6) is 0.810. The molecule has 1 aliphatic heterocycles. The van der Waals surface area contributed by atoms with Crippen molar-refractivity contribution in [3.05, 3.63) is 48.3 Å². The third-order valence-corrected chi connectivity index (χ3v) is 2.30. The normalized spacial score (nSPS) is 18.9. The van der Waals surface area contributed by atoms with Crippen molar-refractivity contribution in [3.63, 3.8) is 0 Å². The molecule has 15 heavy (non-hydrogen) atoms. The summed E-state index contributed by atoms with van der Waals surface area (Å²) in [5.41, 5.74) is 1.44. The highest BCUT2D eigenvalue weighted by atomic mass is 16.5. The highest BCUT2D eigenvalue weighted by molar-refractivity contribution is 5.18. The fourth-order valence-electron chi connectivity index (χ4n) is 1.52. The van der Waals surface area contributed by atoms with Crippen LogP contribution < -0.4 is 5.32 Å². The van der Waals surface area contributed by atoms with Gasteiger partial charge in [0.25, 0.3) is 0 Å². The number of nitrogens with one attached hydrogen (secondary N) is 1. The fourth-order valence-corrected chi connectivity index (χ4v) is 1.52. The number of rotatable bonds is 4. The zero-order valence-electron chi connectivity index (χ0n) is 8.61. The van der Waals surface area contributed by atoms with Crippen LogP contribution >= 0.6 is 0 Å². The quantitative estimate of drug-likeness (QED) is 0.763. The molecule has 0 aromatic rings. The van der Waals surface area contributed by atoms with Gasteiger partial charge < -0.3 is 14.8 Å². The average Bonchev–Trinajstić information content (AvgIpc) is 2.32. The summed E-state index contributed by atoms with van der Waals surface area (Å²) in [6.45, 7) is 1.61. The number of allylic oxidation sites excluding steroid dienone is 3. The van der Waals surface area contributed by atoms with Crippen molar-refractivity contribution in [1.29, 1.82) is 0 Å². The Bertz CT molecular complexity index is 327. The van der Waals surface area contributed by atoms with E-state index in [1.54, 1.807) is 12.5 Å². The van der Waals surface area contributed by atoms with E-state index in [0.717, 1.165) is 25.1 Å². The van der Waals surface area contributed by atoms with E-state index in [9.17, 15) is 0 Å². The van der Waals surface area contributed by atoms with Crippen molar-refractivity contribution in [1.82, 2.24) is 5.32 Å². The first-order valence-corrected chi connectivity index (χ1v) is 5.16. The Morgan fingerprint density at radius 1 is 1.27 bits per heavy atom. The predicted octanol–water partition coefficient (Wildman–Crippen LogP) is 2.21. The van der Waals surface area contributed by atoms with Gasteiger partial charge in [0.2, 0.25) is 0 Å². The molecule has 2 aliphatic rings. The summed E-state index contributed by atoms with van der Waals surface area (Å²) in [7, 11) is 0.